The first kappa shape index (κ1) is 31.0. The summed E-state index contributed by atoms with van der Waals surface area (Å²) in [4.78, 5) is 4.63. The smallest absolute Gasteiger partial charge is 0.172 e. The van der Waals surface area contributed by atoms with Gasteiger partial charge in [-0.1, -0.05) is 97.1 Å². The number of para-hydroxylation sites is 5. The average molecular weight is 701 g/mol. The van der Waals surface area contributed by atoms with Crippen LogP contribution in [0.25, 0.3) is 31.3 Å². The van der Waals surface area contributed by atoms with Crippen LogP contribution in [-0.4, -0.2) is 0 Å². The largest absolute Gasteiger partial charge is 0.450 e. The Morgan fingerprint density at radius 2 is 0.868 bits per heavy atom. The van der Waals surface area contributed by atoms with Crippen molar-refractivity contribution in [3.8, 4) is 34.1 Å². The maximum absolute atomic E-state index is 6.42. The van der Waals surface area contributed by atoms with Gasteiger partial charge in [-0.15, -0.1) is 11.3 Å². The highest BCUT2D eigenvalue weighted by molar-refractivity contribution is 7.26. The van der Waals surface area contributed by atoms with Gasteiger partial charge in [0.15, 0.2) is 23.0 Å². The molecule has 10 rings (SSSR count). The zero-order valence-electron chi connectivity index (χ0n) is 28.6. The number of hydrogen-bond donors (Lipinski definition) is 0. The summed E-state index contributed by atoms with van der Waals surface area (Å²) >= 11 is 1.83. The Bertz CT molecular complexity index is 2690. The summed E-state index contributed by atoms with van der Waals surface area (Å²) in [5.41, 5.74) is 8.67. The van der Waals surface area contributed by atoms with E-state index in [1.165, 1.54) is 25.7 Å². The predicted molar refractivity (Wildman–Crippen MR) is 221 cm³/mol. The van der Waals surface area contributed by atoms with Crippen molar-refractivity contribution in [2.45, 2.75) is 0 Å². The molecule has 8 aromatic carbocycles. The van der Waals surface area contributed by atoms with Gasteiger partial charge in [0.1, 0.15) is 0 Å². The molecule has 1 aliphatic heterocycles. The van der Waals surface area contributed by atoms with E-state index in [1.807, 2.05) is 41.7 Å². The van der Waals surface area contributed by atoms with Crippen LogP contribution in [0.3, 0.4) is 0 Å². The molecule has 0 unspecified atom stereocenters. The summed E-state index contributed by atoms with van der Waals surface area (Å²) in [7, 11) is 0. The van der Waals surface area contributed by atoms with Crippen molar-refractivity contribution in [2.24, 2.45) is 0 Å². The summed E-state index contributed by atoms with van der Waals surface area (Å²) in [5, 5.41) is 2.49. The second-order valence-corrected chi connectivity index (χ2v) is 14.0. The van der Waals surface area contributed by atoms with Crippen molar-refractivity contribution in [3.63, 3.8) is 0 Å². The predicted octanol–water partition coefficient (Wildman–Crippen LogP) is 14.6. The van der Waals surface area contributed by atoms with E-state index in [2.05, 4.69) is 174 Å². The lowest BCUT2D eigenvalue weighted by Gasteiger charge is -2.30. The molecular formula is C48H32N2O2S. The normalized spacial score (nSPS) is 11.7. The van der Waals surface area contributed by atoms with E-state index in [0.717, 1.165) is 39.7 Å². The van der Waals surface area contributed by atoms with Crippen LogP contribution in [0, 0.1) is 0 Å². The number of ether oxygens (including phenoxy) is 2. The van der Waals surface area contributed by atoms with E-state index in [4.69, 9.17) is 9.47 Å². The second-order valence-electron chi connectivity index (χ2n) is 12.9. The number of nitrogens with zero attached hydrogens (tertiary/aromatic N) is 2. The van der Waals surface area contributed by atoms with E-state index in [1.54, 1.807) is 0 Å². The first-order valence-electron chi connectivity index (χ1n) is 17.7. The molecule has 1 aliphatic rings. The van der Waals surface area contributed by atoms with Crippen LogP contribution < -0.4 is 19.3 Å². The van der Waals surface area contributed by atoms with E-state index in [0.29, 0.717) is 23.0 Å². The van der Waals surface area contributed by atoms with Gasteiger partial charge >= 0.3 is 0 Å². The van der Waals surface area contributed by atoms with E-state index in [9.17, 15) is 0 Å². The second kappa shape index (κ2) is 13.1. The molecule has 0 atom stereocenters. The molecule has 0 amide bonds. The van der Waals surface area contributed by atoms with Crippen LogP contribution in [0.1, 0.15) is 0 Å². The van der Waals surface area contributed by atoms with Gasteiger partial charge in [0.2, 0.25) is 0 Å². The van der Waals surface area contributed by atoms with Gasteiger partial charge < -0.3 is 19.3 Å². The molecule has 53 heavy (non-hydrogen) atoms. The van der Waals surface area contributed by atoms with Crippen LogP contribution in [0.4, 0.5) is 34.1 Å². The standard InChI is InChI=1S/C48H32N2O2S/c1-4-14-34(15-5-1)49(35-16-6-2-7-17-35)37-26-24-33(25-27-37)47-40(29-31-46-48(47)39-20-10-13-23-45(39)53-46)50(36-18-8-3-9-19-36)38-28-30-43-44(32-38)52-42-22-12-11-21-41(42)51-43/h1-32H. The monoisotopic (exact) mass is 700 g/mol. The van der Waals surface area contributed by atoms with Crippen LogP contribution >= 0.6 is 11.3 Å². The number of rotatable bonds is 7. The number of fused-ring (bicyclic) bond motifs is 5. The summed E-state index contributed by atoms with van der Waals surface area (Å²) in [5.74, 6) is 2.79. The van der Waals surface area contributed by atoms with Crippen molar-refractivity contribution < 1.29 is 9.47 Å². The third kappa shape index (κ3) is 5.55. The Hall–Kier alpha value is -6.82. The third-order valence-corrected chi connectivity index (χ3v) is 10.8. The van der Waals surface area contributed by atoms with Gasteiger partial charge in [-0.2, -0.15) is 0 Å². The molecule has 0 bridgehead atoms. The number of benzene rings is 8. The molecule has 5 heteroatoms. The maximum atomic E-state index is 6.42. The maximum Gasteiger partial charge on any atom is 0.172 e. The molecule has 0 radical (unpaired) electrons. The van der Waals surface area contributed by atoms with Crippen LogP contribution in [0.15, 0.2) is 194 Å². The average Bonchev–Trinajstić information content (AvgIpc) is 3.61. The molecule has 1 aromatic heterocycles. The van der Waals surface area contributed by atoms with E-state index >= 15 is 0 Å². The summed E-state index contributed by atoms with van der Waals surface area (Å²) in [6.07, 6.45) is 0. The lowest BCUT2D eigenvalue weighted by molar-refractivity contribution is 0.360. The minimum absolute atomic E-state index is 0.678. The number of anilines is 6. The highest BCUT2D eigenvalue weighted by Crippen LogP contribution is 2.51. The SMILES string of the molecule is c1ccc(N(c2ccccc2)c2ccc(-c3c(N(c4ccccc4)c4ccc5c(c4)Oc4ccccc4O5)ccc4sc5ccccc5c34)cc2)cc1. The fourth-order valence-electron chi connectivity index (χ4n) is 7.32. The molecule has 2 heterocycles. The molecule has 0 saturated carbocycles. The van der Waals surface area contributed by atoms with Crippen molar-refractivity contribution in [1.29, 1.82) is 0 Å². The molecule has 0 saturated heterocycles. The quantitative estimate of drug-likeness (QED) is 0.165. The minimum atomic E-state index is 0.678. The number of thiophene rings is 1. The van der Waals surface area contributed by atoms with Gasteiger partial charge in [-0.05, 0) is 96.6 Å². The highest BCUT2D eigenvalue weighted by Gasteiger charge is 2.25. The van der Waals surface area contributed by atoms with Gasteiger partial charge in [0.25, 0.3) is 0 Å². The van der Waals surface area contributed by atoms with Crippen molar-refractivity contribution in [3.05, 3.63) is 194 Å². The van der Waals surface area contributed by atoms with Gasteiger partial charge in [-0.25, -0.2) is 0 Å². The van der Waals surface area contributed by atoms with E-state index in [-0.39, 0.29) is 0 Å². The molecule has 252 valence electrons. The highest BCUT2D eigenvalue weighted by atomic mass is 32.1. The topological polar surface area (TPSA) is 24.9 Å². The lowest BCUT2D eigenvalue weighted by atomic mass is 9.95. The zero-order valence-corrected chi connectivity index (χ0v) is 29.4. The Labute approximate surface area is 312 Å². The molecule has 0 aliphatic carbocycles. The van der Waals surface area contributed by atoms with Gasteiger partial charge in [0, 0.05) is 54.6 Å². The first-order valence-corrected chi connectivity index (χ1v) is 18.5. The fourth-order valence-corrected chi connectivity index (χ4v) is 8.44. The zero-order chi connectivity index (χ0) is 35.1. The van der Waals surface area contributed by atoms with Crippen LogP contribution in [-0.2, 0) is 0 Å². The van der Waals surface area contributed by atoms with Gasteiger partial charge in [-0.3, -0.25) is 0 Å². The molecule has 0 N–H and O–H groups in total. The van der Waals surface area contributed by atoms with Crippen LogP contribution in [0.2, 0.25) is 0 Å². The summed E-state index contributed by atoms with van der Waals surface area (Å²) < 4.78 is 15.2. The Balaban J connectivity index is 1.17. The van der Waals surface area contributed by atoms with E-state index < -0.39 is 0 Å². The Morgan fingerprint density at radius 3 is 1.53 bits per heavy atom. The number of hydrogen-bond acceptors (Lipinski definition) is 5. The molecule has 4 nitrogen and oxygen atoms in total. The Morgan fingerprint density at radius 1 is 0.358 bits per heavy atom. The van der Waals surface area contributed by atoms with Crippen LogP contribution in [0.5, 0.6) is 23.0 Å². The molecule has 9 aromatic rings. The fraction of sp³-hybridized carbons (Fsp3) is 0. The summed E-state index contributed by atoms with van der Waals surface area (Å²) in [6, 6.07) is 67.9. The first-order chi connectivity index (χ1) is 26.3. The molecular weight excluding hydrogens is 669 g/mol. The van der Waals surface area contributed by atoms with Crippen molar-refractivity contribution >= 4 is 65.6 Å². The molecule has 0 spiro atoms. The van der Waals surface area contributed by atoms with Crippen molar-refractivity contribution in [2.75, 3.05) is 9.80 Å². The van der Waals surface area contributed by atoms with Gasteiger partial charge in [0.05, 0.1) is 11.4 Å². The van der Waals surface area contributed by atoms with Crippen molar-refractivity contribution in [1.82, 2.24) is 0 Å². The molecule has 0 fully saturated rings. The third-order valence-electron chi connectivity index (χ3n) is 9.69. The summed E-state index contributed by atoms with van der Waals surface area (Å²) in [6.45, 7) is 0. The minimum Gasteiger partial charge on any atom is -0.450 e. The lowest BCUT2D eigenvalue weighted by Crippen LogP contribution is -2.12. The Kier molecular flexibility index (Phi) is 7.63.